The number of nitrogens with one attached hydrogen (secondary N) is 1. The first kappa shape index (κ1) is 6.71. The van der Waals surface area contributed by atoms with Crippen molar-refractivity contribution in [2.24, 2.45) is 0 Å². The second kappa shape index (κ2) is 2.57. The van der Waals surface area contributed by atoms with E-state index in [-0.39, 0.29) is 5.56 Å². The second-order valence-corrected chi connectivity index (χ2v) is 2.13. The van der Waals surface area contributed by atoms with Gasteiger partial charge in [0, 0.05) is 12.3 Å². The number of hydrogen-bond acceptors (Lipinski definition) is 4. The maximum absolute atomic E-state index is 11.2. The fourth-order valence-corrected chi connectivity index (χ4v) is 0.859. The molecule has 0 aliphatic rings. The van der Waals surface area contributed by atoms with E-state index in [1.807, 2.05) is 0 Å². The summed E-state index contributed by atoms with van der Waals surface area (Å²) in [4.78, 5) is 11.2. The highest BCUT2D eigenvalue weighted by molar-refractivity contribution is 5.08. The first-order valence-electron chi connectivity index (χ1n) is 3.30. The summed E-state index contributed by atoms with van der Waals surface area (Å²) in [5.74, 6) is 0.320. The van der Waals surface area contributed by atoms with Gasteiger partial charge in [-0.25, -0.2) is 5.10 Å². The predicted molar refractivity (Wildman–Crippen MR) is 39.8 cm³/mol. The molecule has 0 unspecified atom stereocenters. The Bertz CT molecular complexity index is 418. The fraction of sp³-hybridized carbons (Fsp3) is 0. The van der Waals surface area contributed by atoms with Gasteiger partial charge in [0.15, 0.2) is 0 Å². The molecule has 2 heterocycles. The highest BCUT2D eigenvalue weighted by Crippen LogP contribution is 1.89. The van der Waals surface area contributed by atoms with Crippen molar-refractivity contribution < 1.29 is 0 Å². The number of pyridine rings is 1. The third-order valence-corrected chi connectivity index (χ3v) is 1.38. The van der Waals surface area contributed by atoms with Gasteiger partial charge in [-0.15, -0.1) is 0 Å². The van der Waals surface area contributed by atoms with Gasteiger partial charge in [0.1, 0.15) is 0 Å². The Labute approximate surface area is 66.9 Å². The van der Waals surface area contributed by atoms with Gasteiger partial charge in [-0.3, -0.25) is 9.36 Å². The highest BCUT2D eigenvalue weighted by Gasteiger charge is 1.99. The van der Waals surface area contributed by atoms with Crippen LogP contribution in [0.15, 0.2) is 29.2 Å². The molecule has 0 atom stereocenters. The lowest BCUT2D eigenvalue weighted by Crippen LogP contribution is -2.16. The van der Waals surface area contributed by atoms with E-state index >= 15 is 0 Å². The Kier molecular flexibility index (Phi) is 1.44. The van der Waals surface area contributed by atoms with Crippen molar-refractivity contribution in [2.45, 2.75) is 0 Å². The van der Waals surface area contributed by atoms with Gasteiger partial charge >= 0.3 is 0 Å². The molecule has 0 radical (unpaired) electrons. The summed E-state index contributed by atoms with van der Waals surface area (Å²) >= 11 is 0. The molecule has 6 heteroatoms. The van der Waals surface area contributed by atoms with Crippen molar-refractivity contribution in [3.63, 3.8) is 0 Å². The summed E-state index contributed by atoms with van der Waals surface area (Å²) in [6.45, 7) is 0. The molecule has 0 saturated carbocycles. The molecular formula is C6H5N5O. The number of nitrogens with zero attached hydrogens (tertiary/aromatic N) is 4. The lowest BCUT2D eigenvalue weighted by atomic mass is 10.5. The summed E-state index contributed by atoms with van der Waals surface area (Å²) in [7, 11) is 0. The summed E-state index contributed by atoms with van der Waals surface area (Å²) in [6.07, 6.45) is 1.59. The van der Waals surface area contributed by atoms with Crippen molar-refractivity contribution in [1.29, 1.82) is 0 Å². The predicted octanol–water partition coefficient (Wildman–Crippen LogP) is -0.649. The first-order valence-corrected chi connectivity index (χ1v) is 3.30. The number of aromatic amines is 1. The minimum absolute atomic E-state index is 0.170. The lowest BCUT2D eigenvalue weighted by molar-refractivity contribution is 0.881. The van der Waals surface area contributed by atoms with Crippen LogP contribution in [0, 0.1) is 0 Å². The van der Waals surface area contributed by atoms with Crippen LogP contribution in [-0.2, 0) is 0 Å². The normalized spacial score (nSPS) is 10.0. The van der Waals surface area contributed by atoms with Crippen molar-refractivity contribution >= 4 is 0 Å². The molecule has 0 fully saturated rings. The maximum Gasteiger partial charge on any atom is 0.257 e. The molecule has 0 aliphatic heterocycles. The Morgan fingerprint density at radius 2 is 2.33 bits per heavy atom. The quantitative estimate of drug-likeness (QED) is 0.606. The molecule has 12 heavy (non-hydrogen) atoms. The van der Waals surface area contributed by atoms with Crippen LogP contribution in [-0.4, -0.2) is 25.2 Å². The largest absolute Gasteiger partial charge is 0.269 e. The third-order valence-electron chi connectivity index (χ3n) is 1.38. The van der Waals surface area contributed by atoms with Gasteiger partial charge in [0.2, 0.25) is 0 Å². The van der Waals surface area contributed by atoms with Crippen molar-refractivity contribution in [3.05, 3.63) is 34.7 Å². The SMILES string of the molecule is O=c1ccccn1-c1nnn[nH]1. The molecule has 2 aromatic rings. The Hall–Kier alpha value is -1.98. The van der Waals surface area contributed by atoms with Crippen LogP contribution in [0.1, 0.15) is 0 Å². The smallest absolute Gasteiger partial charge is 0.257 e. The van der Waals surface area contributed by atoms with Crippen LogP contribution in [0.25, 0.3) is 5.95 Å². The number of aromatic nitrogens is 5. The van der Waals surface area contributed by atoms with Crippen LogP contribution >= 0.6 is 0 Å². The molecule has 0 spiro atoms. The average Bonchev–Trinajstić information content (AvgIpc) is 2.57. The Morgan fingerprint density at radius 1 is 1.42 bits per heavy atom. The van der Waals surface area contributed by atoms with Gasteiger partial charge in [0.25, 0.3) is 11.5 Å². The zero-order valence-electron chi connectivity index (χ0n) is 6.01. The summed E-state index contributed by atoms with van der Waals surface area (Å²) in [6, 6.07) is 4.81. The number of H-pyrrole nitrogens is 1. The molecule has 2 rings (SSSR count). The minimum atomic E-state index is -0.170. The summed E-state index contributed by atoms with van der Waals surface area (Å²) < 4.78 is 1.32. The molecular weight excluding hydrogens is 158 g/mol. The van der Waals surface area contributed by atoms with E-state index in [4.69, 9.17) is 0 Å². The van der Waals surface area contributed by atoms with E-state index in [0.29, 0.717) is 5.95 Å². The van der Waals surface area contributed by atoms with Crippen LogP contribution < -0.4 is 5.56 Å². The monoisotopic (exact) mass is 163 g/mol. The zero-order chi connectivity index (χ0) is 8.39. The topological polar surface area (TPSA) is 76.5 Å². The second-order valence-electron chi connectivity index (χ2n) is 2.13. The van der Waals surface area contributed by atoms with E-state index < -0.39 is 0 Å². The Balaban J connectivity index is 2.63. The van der Waals surface area contributed by atoms with Gasteiger partial charge < -0.3 is 0 Å². The van der Waals surface area contributed by atoms with E-state index in [2.05, 4.69) is 20.6 Å². The van der Waals surface area contributed by atoms with Gasteiger partial charge in [-0.1, -0.05) is 11.2 Å². The number of tetrazole rings is 1. The van der Waals surface area contributed by atoms with Crippen LogP contribution in [0.2, 0.25) is 0 Å². The van der Waals surface area contributed by atoms with Crippen LogP contribution in [0.4, 0.5) is 0 Å². The lowest BCUT2D eigenvalue weighted by Gasteiger charge is -1.95. The van der Waals surface area contributed by atoms with Gasteiger partial charge in [-0.2, -0.15) is 0 Å². The van der Waals surface area contributed by atoms with E-state index in [9.17, 15) is 4.79 Å². The fourth-order valence-electron chi connectivity index (χ4n) is 0.859. The highest BCUT2D eigenvalue weighted by atomic mass is 16.1. The number of hydrogen-bond donors (Lipinski definition) is 1. The van der Waals surface area contributed by atoms with E-state index in [1.54, 1.807) is 18.3 Å². The molecule has 6 nitrogen and oxygen atoms in total. The minimum Gasteiger partial charge on any atom is -0.269 e. The van der Waals surface area contributed by atoms with E-state index in [0.717, 1.165) is 0 Å². The maximum atomic E-state index is 11.2. The van der Waals surface area contributed by atoms with Crippen molar-refractivity contribution in [3.8, 4) is 5.95 Å². The van der Waals surface area contributed by atoms with Gasteiger partial charge in [0.05, 0.1) is 0 Å². The van der Waals surface area contributed by atoms with E-state index in [1.165, 1.54) is 10.6 Å². The molecule has 0 aromatic carbocycles. The van der Waals surface area contributed by atoms with Crippen molar-refractivity contribution in [1.82, 2.24) is 25.2 Å². The summed E-state index contributed by atoms with van der Waals surface area (Å²) in [5.41, 5.74) is -0.170. The average molecular weight is 163 g/mol. The molecule has 2 aromatic heterocycles. The summed E-state index contributed by atoms with van der Waals surface area (Å²) in [5, 5.41) is 12.8. The molecule has 1 N–H and O–H groups in total. The van der Waals surface area contributed by atoms with Crippen LogP contribution in [0.3, 0.4) is 0 Å². The first-order chi connectivity index (χ1) is 5.88. The molecule has 0 aliphatic carbocycles. The third kappa shape index (κ3) is 0.986. The Morgan fingerprint density at radius 3 is 3.00 bits per heavy atom. The molecule has 0 amide bonds. The molecule has 0 saturated heterocycles. The van der Waals surface area contributed by atoms with Gasteiger partial charge in [-0.05, 0) is 16.5 Å². The standard InChI is InChI=1S/C6H5N5O/c12-5-3-1-2-4-11(5)6-7-9-10-8-6/h1-4H,(H,7,8,9,10). The molecule has 60 valence electrons. The zero-order valence-corrected chi connectivity index (χ0v) is 6.01. The molecule has 0 bridgehead atoms. The number of rotatable bonds is 1. The van der Waals surface area contributed by atoms with Crippen LogP contribution in [0.5, 0.6) is 0 Å². The van der Waals surface area contributed by atoms with Crippen molar-refractivity contribution in [2.75, 3.05) is 0 Å².